The molecule has 11 rings (SSSR count). The van der Waals surface area contributed by atoms with Crippen LogP contribution >= 0.6 is 0 Å². The van der Waals surface area contributed by atoms with E-state index in [2.05, 4.69) is 206 Å². The lowest BCUT2D eigenvalue weighted by Crippen LogP contribution is -2.05. The average Bonchev–Trinajstić information content (AvgIpc) is 3.37. The molecule has 0 atom stereocenters. The third-order valence-corrected chi connectivity index (χ3v) is 12.0. The molecule has 0 aliphatic carbocycles. The van der Waals surface area contributed by atoms with Gasteiger partial charge in [0.1, 0.15) is 11.2 Å². The van der Waals surface area contributed by atoms with Crippen molar-refractivity contribution >= 4 is 21.9 Å². The molecule has 0 amide bonds. The second kappa shape index (κ2) is 16.3. The van der Waals surface area contributed by atoms with Crippen LogP contribution in [0.15, 0.2) is 252 Å². The molecule has 1 aromatic heterocycles. The van der Waals surface area contributed by atoms with Crippen molar-refractivity contribution in [2.75, 3.05) is 0 Å². The molecule has 1 heterocycles. The quantitative estimate of drug-likeness (QED) is 0.143. The molecule has 0 saturated heterocycles. The Bertz CT molecular complexity index is 3270. The van der Waals surface area contributed by atoms with Crippen molar-refractivity contribution in [3.8, 4) is 89.0 Å². The largest absolute Gasteiger partial charge is 0.455 e. The number of rotatable bonds is 8. The monoisotopic (exact) mass is 804 g/mol. The molecular formula is C61H40O2. The summed E-state index contributed by atoms with van der Waals surface area (Å²) in [6.07, 6.45) is 0. The lowest BCUT2D eigenvalue weighted by molar-refractivity contribution is 0.662. The van der Waals surface area contributed by atoms with Crippen molar-refractivity contribution in [3.05, 3.63) is 253 Å². The third kappa shape index (κ3) is 7.35. The van der Waals surface area contributed by atoms with Crippen molar-refractivity contribution in [2.24, 2.45) is 0 Å². The van der Waals surface area contributed by atoms with Crippen LogP contribution < -0.4 is 5.43 Å². The molecule has 0 aliphatic rings. The molecule has 11 aromatic rings. The highest BCUT2D eigenvalue weighted by Gasteiger charge is 2.20. The summed E-state index contributed by atoms with van der Waals surface area (Å²) in [4.78, 5) is 15.5. The molecule has 0 radical (unpaired) electrons. The Balaban J connectivity index is 1.19. The molecule has 0 unspecified atom stereocenters. The molecule has 0 bridgehead atoms. The Morgan fingerprint density at radius 3 is 0.794 bits per heavy atom. The Hall–Kier alpha value is -8.33. The SMILES string of the molecule is O=c1c2cc(-c3cccc(-c4ccccc4)c3)cc(-c3cccc(-c4ccccc4)c3)c2oc2c(-c3cccc(-c4ccccc4)c3)cc(-c3cccc(-c4ccccc4)c3)cc12. The van der Waals surface area contributed by atoms with E-state index in [0.717, 1.165) is 89.0 Å². The van der Waals surface area contributed by atoms with Gasteiger partial charge in [-0.2, -0.15) is 0 Å². The number of benzene rings is 10. The highest BCUT2D eigenvalue weighted by Crippen LogP contribution is 2.41. The molecule has 0 aliphatic heterocycles. The third-order valence-electron chi connectivity index (χ3n) is 12.0. The van der Waals surface area contributed by atoms with Crippen LogP contribution in [0.5, 0.6) is 0 Å². The smallest absolute Gasteiger partial charge is 0.200 e. The van der Waals surface area contributed by atoms with E-state index >= 15 is 4.79 Å². The molecular weight excluding hydrogens is 765 g/mol. The van der Waals surface area contributed by atoms with Gasteiger partial charge in [-0.3, -0.25) is 4.79 Å². The van der Waals surface area contributed by atoms with Crippen LogP contribution in [0.1, 0.15) is 0 Å². The van der Waals surface area contributed by atoms with Crippen LogP contribution in [0.25, 0.3) is 111 Å². The van der Waals surface area contributed by atoms with Gasteiger partial charge in [-0.05, 0) is 126 Å². The summed E-state index contributed by atoms with van der Waals surface area (Å²) in [5.74, 6) is 0. The molecule has 10 aromatic carbocycles. The fraction of sp³-hybridized carbons (Fsp3) is 0. The number of hydrogen-bond donors (Lipinski definition) is 0. The first-order chi connectivity index (χ1) is 31.1. The van der Waals surface area contributed by atoms with Crippen molar-refractivity contribution in [1.82, 2.24) is 0 Å². The van der Waals surface area contributed by atoms with Crippen molar-refractivity contribution in [2.45, 2.75) is 0 Å². The highest BCUT2D eigenvalue weighted by atomic mass is 16.3. The summed E-state index contributed by atoms with van der Waals surface area (Å²) in [7, 11) is 0. The van der Waals surface area contributed by atoms with Crippen LogP contribution in [0, 0.1) is 0 Å². The van der Waals surface area contributed by atoms with Gasteiger partial charge in [0.25, 0.3) is 0 Å². The van der Waals surface area contributed by atoms with E-state index in [-0.39, 0.29) is 5.43 Å². The Labute approximate surface area is 366 Å². The maximum atomic E-state index is 15.5. The van der Waals surface area contributed by atoms with Crippen LogP contribution in [0.3, 0.4) is 0 Å². The summed E-state index contributed by atoms with van der Waals surface area (Å²) >= 11 is 0. The second-order valence-corrected chi connectivity index (χ2v) is 16.0. The number of hydrogen-bond acceptors (Lipinski definition) is 2. The van der Waals surface area contributed by atoms with Gasteiger partial charge in [0.2, 0.25) is 5.43 Å². The topological polar surface area (TPSA) is 30.2 Å². The molecule has 2 heteroatoms. The molecule has 0 N–H and O–H groups in total. The Kier molecular flexibility index (Phi) is 9.72. The van der Waals surface area contributed by atoms with E-state index in [4.69, 9.17) is 4.42 Å². The Morgan fingerprint density at radius 1 is 0.222 bits per heavy atom. The normalized spacial score (nSPS) is 11.2. The minimum Gasteiger partial charge on any atom is -0.455 e. The first kappa shape index (κ1) is 37.7. The van der Waals surface area contributed by atoms with Gasteiger partial charge < -0.3 is 4.42 Å². The van der Waals surface area contributed by atoms with Gasteiger partial charge >= 0.3 is 0 Å². The average molecular weight is 805 g/mol. The summed E-state index contributed by atoms with van der Waals surface area (Å²) in [5, 5.41) is 1.06. The maximum absolute atomic E-state index is 15.5. The van der Waals surface area contributed by atoms with Crippen LogP contribution in [-0.2, 0) is 0 Å². The van der Waals surface area contributed by atoms with Crippen LogP contribution in [0.4, 0.5) is 0 Å². The van der Waals surface area contributed by atoms with E-state index < -0.39 is 0 Å². The minimum atomic E-state index is -0.0747. The van der Waals surface area contributed by atoms with Crippen LogP contribution in [-0.4, -0.2) is 0 Å². The Morgan fingerprint density at radius 2 is 0.476 bits per heavy atom. The van der Waals surface area contributed by atoms with Gasteiger partial charge in [0.05, 0.1) is 10.8 Å². The molecule has 63 heavy (non-hydrogen) atoms. The first-order valence-electron chi connectivity index (χ1n) is 21.3. The van der Waals surface area contributed by atoms with E-state index in [1.165, 1.54) is 0 Å². The van der Waals surface area contributed by atoms with Gasteiger partial charge in [0.15, 0.2) is 0 Å². The van der Waals surface area contributed by atoms with E-state index in [9.17, 15) is 0 Å². The predicted molar refractivity (Wildman–Crippen MR) is 263 cm³/mol. The van der Waals surface area contributed by atoms with Gasteiger partial charge in [-0.1, -0.05) is 194 Å². The van der Waals surface area contributed by atoms with Crippen molar-refractivity contribution in [1.29, 1.82) is 0 Å². The van der Waals surface area contributed by atoms with Crippen molar-refractivity contribution in [3.63, 3.8) is 0 Å². The standard InChI is InChI=1S/C61H40O2/c62-59-57-39-53(49-29-13-25-45(33-49)41-17-5-1-6-18-41)37-55(51-31-15-27-47(35-51)43-21-9-3-10-22-43)60(57)63-61-56(52-32-16-28-48(36-52)44-23-11-4-12-24-44)38-54(40-58(59)61)50-30-14-26-46(34-50)42-19-7-2-8-20-42/h1-40H. The van der Waals surface area contributed by atoms with E-state index in [0.29, 0.717) is 21.9 Å². The lowest BCUT2D eigenvalue weighted by atomic mass is 9.91. The van der Waals surface area contributed by atoms with Gasteiger partial charge in [0, 0.05) is 11.1 Å². The second-order valence-electron chi connectivity index (χ2n) is 16.0. The summed E-state index contributed by atoms with van der Waals surface area (Å²) in [6.45, 7) is 0. The zero-order valence-electron chi connectivity index (χ0n) is 34.4. The van der Waals surface area contributed by atoms with Gasteiger partial charge in [-0.25, -0.2) is 0 Å². The van der Waals surface area contributed by atoms with Crippen LogP contribution in [0.2, 0.25) is 0 Å². The zero-order chi connectivity index (χ0) is 42.1. The zero-order valence-corrected chi connectivity index (χ0v) is 34.4. The van der Waals surface area contributed by atoms with E-state index in [1.807, 2.05) is 36.4 Å². The number of fused-ring (bicyclic) bond motifs is 2. The van der Waals surface area contributed by atoms with Gasteiger partial charge in [-0.15, -0.1) is 0 Å². The molecule has 0 fully saturated rings. The minimum absolute atomic E-state index is 0.0747. The maximum Gasteiger partial charge on any atom is 0.200 e. The van der Waals surface area contributed by atoms with Crippen molar-refractivity contribution < 1.29 is 4.42 Å². The molecule has 0 saturated carbocycles. The summed E-state index contributed by atoms with van der Waals surface area (Å²) in [6, 6.07) is 84.2. The fourth-order valence-electron chi connectivity index (χ4n) is 8.84. The summed E-state index contributed by atoms with van der Waals surface area (Å²) in [5.41, 5.74) is 17.5. The molecule has 0 spiro atoms. The predicted octanol–water partition coefficient (Wildman–Crippen LogP) is 16.3. The first-order valence-corrected chi connectivity index (χ1v) is 21.3. The molecule has 2 nitrogen and oxygen atoms in total. The van der Waals surface area contributed by atoms with E-state index in [1.54, 1.807) is 0 Å². The lowest BCUT2D eigenvalue weighted by Gasteiger charge is -2.16. The highest BCUT2D eigenvalue weighted by molar-refractivity contribution is 6.05. The summed E-state index contributed by atoms with van der Waals surface area (Å²) < 4.78 is 7.26. The fourth-order valence-corrected chi connectivity index (χ4v) is 8.84. The molecule has 296 valence electrons.